The van der Waals surface area contributed by atoms with Gasteiger partial charge in [-0.2, -0.15) is 13.2 Å². The molecule has 5 rings (SSSR count). The lowest BCUT2D eigenvalue weighted by Gasteiger charge is -2.42. The Balaban J connectivity index is 1.51. The van der Waals surface area contributed by atoms with Crippen LogP contribution < -0.4 is 19.7 Å². The number of alkyl halides is 3. The number of likely N-dealkylation sites (tertiary alicyclic amines) is 1. The number of non-ortho nitro benzene ring substituents is 1. The van der Waals surface area contributed by atoms with E-state index >= 15 is 0 Å². The fourth-order valence-corrected chi connectivity index (χ4v) is 6.36. The predicted octanol–water partition coefficient (Wildman–Crippen LogP) is 7.76. The van der Waals surface area contributed by atoms with Crippen LogP contribution >= 0.6 is 0 Å². The third-order valence-electron chi connectivity index (χ3n) is 8.13. The quantitative estimate of drug-likeness (QED) is 0.224. The zero-order valence-corrected chi connectivity index (χ0v) is 25.0. The minimum atomic E-state index is -4.58. The topological polar surface area (TPSA) is 97.2 Å². The van der Waals surface area contributed by atoms with Crippen LogP contribution in [0.1, 0.15) is 44.7 Å². The van der Waals surface area contributed by atoms with Gasteiger partial charge in [-0.05, 0) is 73.3 Å². The lowest BCUT2D eigenvalue weighted by atomic mass is 9.72. The van der Waals surface area contributed by atoms with Gasteiger partial charge in [-0.25, -0.2) is 4.79 Å². The number of nitro benzene ring substituents is 1. The number of carbonyl (C=O) groups excluding carboxylic acids is 1. The van der Waals surface area contributed by atoms with Gasteiger partial charge in [0.15, 0.2) is 0 Å². The average Bonchev–Trinajstić information content (AvgIpc) is 3.27. The Morgan fingerprint density at radius 3 is 2.27 bits per heavy atom. The Bertz CT molecular complexity index is 1540. The fraction of sp³-hybridized carbons (Fsp3) is 0.406. The molecular formula is C32H35F3N4O5. The number of ether oxygens (including phenoxy) is 2. The van der Waals surface area contributed by atoms with E-state index in [1.54, 1.807) is 24.3 Å². The SMILES string of the molecule is COc1ccc(C(F)(F)F)c2c1N(c1ccccc1NC(=O)Oc1ccc([N+](=O)[O-])cc1)CC21CCN(CC(C)(C)C)CC1. The zero-order valence-electron chi connectivity index (χ0n) is 25.0. The Morgan fingerprint density at radius 1 is 1.02 bits per heavy atom. The number of amides is 1. The average molecular weight is 613 g/mol. The Kier molecular flexibility index (Phi) is 8.23. The summed E-state index contributed by atoms with van der Waals surface area (Å²) in [7, 11) is 1.43. The van der Waals surface area contributed by atoms with Crippen LogP contribution in [0.3, 0.4) is 0 Å². The summed E-state index contributed by atoms with van der Waals surface area (Å²) in [6, 6.07) is 14.3. The summed E-state index contributed by atoms with van der Waals surface area (Å²) in [6.07, 6.45) is -4.37. The molecule has 1 amide bonds. The summed E-state index contributed by atoms with van der Waals surface area (Å²) in [5.41, 5.74) is -0.196. The van der Waals surface area contributed by atoms with Crippen LogP contribution in [-0.2, 0) is 11.6 Å². The summed E-state index contributed by atoms with van der Waals surface area (Å²) in [5.74, 6) is 0.403. The van der Waals surface area contributed by atoms with Gasteiger partial charge in [-0.1, -0.05) is 32.9 Å². The molecule has 1 fully saturated rings. The largest absolute Gasteiger partial charge is 0.495 e. The molecule has 2 heterocycles. The standard InChI is InChI=1S/C32H35F3N4O5/c1-30(2,3)19-37-17-15-31(16-18-37)20-38(28-26(43-4)14-13-23(27(28)31)32(33,34)35)25-8-6-5-7-24(25)36-29(40)44-22-11-9-21(10-12-22)39(41)42/h5-14H,15-20H2,1-4H3,(H,36,40). The molecule has 12 heteroatoms. The number of anilines is 3. The van der Waals surface area contributed by atoms with Gasteiger partial charge in [0.2, 0.25) is 0 Å². The normalized spacial score (nSPS) is 16.5. The van der Waals surface area contributed by atoms with Crippen molar-refractivity contribution in [2.24, 2.45) is 5.41 Å². The number of benzene rings is 3. The van der Waals surface area contributed by atoms with Crippen molar-refractivity contribution in [1.82, 2.24) is 4.90 Å². The van der Waals surface area contributed by atoms with Crippen molar-refractivity contribution in [3.05, 3.63) is 81.9 Å². The molecule has 2 aliphatic rings. The first kappa shape index (κ1) is 31.1. The van der Waals surface area contributed by atoms with Crippen LogP contribution in [0.15, 0.2) is 60.7 Å². The van der Waals surface area contributed by atoms with E-state index in [0.29, 0.717) is 48.7 Å². The molecule has 1 spiro atoms. The molecule has 44 heavy (non-hydrogen) atoms. The highest BCUT2D eigenvalue weighted by atomic mass is 19.4. The van der Waals surface area contributed by atoms with Gasteiger partial charge < -0.3 is 19.3 Å². The molecule has 0 bridgehead atoms. The molecule has 1 N–H and O–H groups in total. The van der Waals surface area contributed by atoms with Crippen molar-refractivity contribution >= 4 is 28.8 Å². The molecule has 0 aromatic heterocycles. The zero-order chi connectivity index (χ0) is 31.9. The number of fused-ring (bicyclic) bond motifs is 2. The number of hydrogen-bond donors (Lipinski definition) is 1. The first-order chi connectivity index (χ1) is 20.7. The molecule has 0 unspecified atom stereocenters. The minimum Gasteiger partial charge on any atom is -0.495 e. The Hall–Kier alpha value is -4.32. The second-order valence-corrected chi connectivity index (χ2v) is 12.5. The van der Waals surface area contributed by atoms with Crippen molar-refractivity contribution in [3.8, 4) is 11.5 Å². The second kappa shape index (κ2) is 11.6. The van der Waals surface area contributed by atoms with Crippen LogP contribution in [-0.4, -0.2) is 49.2 Å². The van der Waals surface area contributed by atoms with Gasteiger partial charge in [0.1, 0.15) is 11.5 Å². The van der Waals surface area contributed by atoms with Gasteiger partial charge in [0.25, 0.3) is 5.69 Å². The molecule has 0 saturated carbocycles. The van der Waals surface area contributed by atoms with E-state index in [9.17, 15) is 28.1 Å². The van der Waals surface area contributed by atoms with E-state index in [0.717, 1.165) is 12.6 Å². The molecule has 3 aromatic rings. The number of nitro groups is 1. The minimum absolute atomic E-state index is 0.0537. The molecule has 0 radical (unpaired) electrons. The number of hydrogen-bond acceptors (Lipinski definition) is 7. The van der Waals surface area contributed by atoms with Crippen LogP contribution in [0.5, 0.6) is 11.5 Å². The first-order valence-corrected chi connectivity index (χ1v) is 14.3. The molecule has 1 saturated heterocycles. The summed E-state index contributed by atoms with van der Waals surface area (Å²) < 4.78 is 54.8. The number of carbonyl (C=O) groups is 1. The third kappa shape index (κ3) is 6.30. The predicted molar refractivity (Wildman–Crippen MR) is 161 cm³/mol. The monoisotopic (exact) mass is 612 g/mol. The lowest BCUT2D eigenvalue weighted by Crippen LogP contribution is -2.47. The lowest BCUT2D eigenvalue weighted by molar-refractivity contribution is -0.384. The smallest absolute Gasteiger partial charge is 0.417 e. The van der Waals surface area contributed by atoms with E-state index in [1.165, 1.54) is 37.4 Å². The van der Waals surface area contributed by atoms with E-state index in [2.05, 4.69) is 31.0 Å². The number of para-hydroxylation sites is 2. The van der Waals surface area contributed by atoms with Gasteiger partial charge in [0.05, 0.1) is 34.7 Å². The highest BCUT2D eigenvalue weighted by molar-refractivity contribution is 5.94. The van der Waals surface area contributed by atoms with Gasteiger partial charge >= 0.3 is 12.3 Å². The maximum Gasteiger partial charge on any atom is 0.417 e. The van der Waals surface area contributed by atoms with Crippen molar-refractivity contribution in [3.63, 3.8) is 0 Å². The van der Waals surface area contributed by atoms with Crippen LogP contribution in [0, 0.1) is 15.5 Å². The number of nitrogens with one attached hydrogen (secondary N) is 1. The number of methoxy groups -OCH3 is 1. The number of piperidine rings is 1. The maximum absolute atomic E-state index is 14.6. The highest BCUT2D eigenvalue weighted by Crippen LogP contribution is 2.57. The van der Waals surface area contributed by atoms with Crippen LogP contribution in [0.4, 0.5) is 40.7 Å². The van der Waals surface area contributed by atoms with Crippen molar-refractivity contribution in [2.75, 3.05) is 43.5 Å². The Morgan fingerprint density at radius 2 is 1.68 bits per heavy atom. The van der Waals surface area contributed by atoms with Crippen molar-refractivity contribution < 1.29 is 32.4 Å². The maximum atomic E-state index is 14.6. The summed E-state index contributed by atoms with van der Waals surface area (Å²) in [5, 5.41) is 13.6. The summed E-state index contributed by atoms with van der Waals surface area (Å²) in [4.78, 5) is 27.4. The number of halogens is 3. The van der Waals surface area contributed by atoms with Gasteiger partial charge in [-0.3, -0.25) is 15.4 Å². The molecule has 2 aliphatic heterocycles. The van der Waals surface area contributed by atoms with Gasteiger partial charge in [0, 0.05) is 30.6 Å². The van der Waals surface area contributed by atoms with Crippen molar-refractivity contribution in [2.45, 2.75) is 45.2 Å². The summed E-state index contributed by atoms with van der Waals surface area (Å²) in [6.45, 7) is 8.85. The molecule has 9 nitrogen and oxygen atoms in total. The molecule has 3 aromatic carbocycles. The van der Waals surface area contributed by atoms with Crippen LogP contribution in [0.25, 0.3) is 0 Å². The second-order valence-electron chi connectivity index (χ2n) is 12.5. The summed E-state index contributed by atoms with van der Waals surface area (Å²) >= 11 is 0. The fourth-order valence-electron chi connectivity index (χ4n) is 6.36. The van der Waals surface area contributed by atoms with Crippen LogP contribution in [0.2, 0.25) is 0 Å². The first-order valence-electron chi connectivity index (χ1n) is 14.3. The van der Waals surface area contributed by atoms with E-state index in [4.69, 9.17) is 9.47 Å². The van der Waals surface area contributed by atoms with Crippen molar-refractivity contribution in [1.29, 1.82) is 0 Å². The molecular weight excluding hydrogens is 577 g/mol. The van der Waals surface area contributed by atoms with Gasteiger partial charge in [-0.15, -0.1) is 0 Å². The number of rotatable bonds is 6. The molecule has 234 valence electrons. The Labute approximate surface area is 253 Å². The van der Waals surface area contributed by atoms with E-state index < -0.39 is 28.2 Å². The van der Waals surface area contributed by atoms with E-state index in [-0.39, 0.29) is 29.0 Å². The molecule has 0 atom stereocenters. The third-order valence-corrected chi connectivity index (χ3v) is 8.13. The number of nitrogens with zero attached hydrogens (tertiary/aromatic N) is 3. The molecule has 0 aliphatic carbocycles. The highest BCUT2D eigenvalue weighted by Gasteiger charge is 2.52. The van der Waals surface area contributed by atoms with E-state index in [1.807, 2.05) is 4.90 Å².